The van der Waals surface area contributed by atoms with Crippen LogP contribution in [0.5, 0.6) is 5.75 Å². The van der Waals surface area contributed by atoms with Crippen LogP contribution in [0, 0.1) is 0 Å². The highest BCUT2D eigenvalue weighted by molar-refractivity contribution is 9.10. The molecule has 0 heterocycles. The summed E-state index contributed by atoms with van der Waals surface area (Å²) >= 11 is 3.30. The molecule has 1 atom stereocenters. The Bertz CT molecular complexity index is 491. The van der Waals surface area contributed by atoms with Crippen LogP contribution >= 0.6 is 15.9 Å². The van der Waals surface area contributed by atoms with Gasteiger partial charge in [-0.15, -0.1) is 0 Å². The number of carbonyl (C=O) groups excluding carboxylic acids is 1. The van der Waals surface area contributed by atoms with Crippen molar-refractivity contribution in [3.8, 4) is 5.75 Å². The van der Waals surface area contributed by atoms with Crippen molar-refractivity contribution in [3.63, 3.8) is 0 Å². The largest absolute Gasteiger partial charge is 0.497 e. The first kappa shape index (κ1) is 15.3. The topological polar surface area (TPSA) is 96.9 Å². The number of nitrogens with zero attached hydrogens (tertiary/aromatic N) is 1. The number of oxime groups is 1. The minimum atomic E-state index is -0.518. The minimum Gasteiger partial charge on any atom is -0.497 e. The molecule has 104 valence electrons. The van der Waals surface area contributed by atoms with Gasteiger partial charge >= 0.3 is 0 Å². The third kappa shape index (κ3) is 3.85. The van der Waals surface area contributed by atoms with E-state index < -0.39 is 6.04 Å². The van der Waals surface area contributed by atoms with Crippen LogP contribution in [-0.4, -0.2) is 30.1 Å². The highest BCUT2D eigenvalue weighted by Gasteiger charge is 2.18. The molecule has 6 nitrogen and oxygen atoms in total. The number of methoxy groups -OCH3 is 1. The Morgan fingerprint density at radius 1 is 1.63 bits per heavy atom. The zero-order chi connectivity index (χ0) is 14.4. The number of amidine groups is 1. The maximum atomic E-state index is 12.1. The van der Waals surface area contributed by atoms with Crippen molar-refractivity contribution >= 4 is 27.7 Å². The summed E-state index contributed by atoms with van der Waals surface area (Å²) in [6.45, 7) is 1.82. The number of benzene rings is 1. The molecule has 0 radical (unpaired) electrons. The van der Waals surface area contributed by atoms with Gasteiger partial charge in [0.2, 0.25) is 0 Å². The summed E-state index contributed by atoms with van der Waals surface area (Å²) in [5.74, 6) is 0.212. The molecule has 1 unspecified atom stereocenters. The second kappa shape index (κ2) is 6.98. The fourth-order valence-corrected chi connectivity index (χ4v) is 1.92. The van der Waals surface area contributed by atoms with Crippen LogP contribution in [0.4, 0.5) is 0 Å². The normalized spacial score (nSPS) is 12.9. The van der Waals surface area contributed by atoms with Crippen LogP contribution in [0.25, 0.3) is 0 Å². The van der Waals surface area contributed by atoms with E-state index in [0.717, 1.165) is 0 Å². The van der Waals surface area contributed by atoms with E-state index in [-0.39, 0.29) is 11.7 Å². The van der Waals surface area contributed by atoms with Crippen molar-refractivity contribution in [1.29, 1.82) is 0 Å². The lowest BCUT2D eigenvalue weighted by Gasteiger charge is -2.16. The molecular weight excluding hydrogens is 314 g/mol. The fourth-order valence-electron chi connectivity index (χ4n) is 1.50. The molecular formula is C12H16BrN3O3. The van der Waals surface area contributed by atoms with Crippen molar-refractivity contribution in [3.05, 3.63) is 28.2 Å². The second-order valence-electron chi connectivity index (χ2n) is 3.80. The number of nitrogens with two attached hydrogens (primary N) is 1. The van der Waals surface area contributed by atoms with Crippen molar-refractivity contribution in [1.82, 2.24) is 5.32 Å². The van der Waals surface area contributed by atoms with E-state index >= 15 is 0 Å². The number of nitrogens with one attached hydrogen (secondary N) is 1. The summed E-state index contributed by atoms with van der Waals surface area (Å²) in [6, 6.07) is 4.55. The Morgan fingerprint density at radius 2 is 2.32 bits per heavy atom. The monoisotopic (exact) mass is 329 g/mol. The zero-order valence-electron chi connectivity index (χ0n) is 10.7. The summed E-state index contributed by atoms with van der Waals surface area (Å²) in [7, 11) is 1.52. The molecule has 1 amide bonds. The van der Waals surface area contributed by atoms with Crippen molar-refractivity contribution < 1.29 is 14.7 Å². The molecule has 1 aromatic carbocycles. The standard InChI is InChI=1S/C12H16BrN3O3/c1-3-10(11(14)16-18)15-12(17)8-6-7(19-2)4-5-9(8)13/h4-6,10,18H,3H2,1-2H3,(H2,14,16)(H,15,17). The average Bonchev–Trinajstić information content (AvgIpc) is 2.44. The van der Waals surface area contributed by atoms with E-state index in [0.29, 0.717) is 22.2 Å². The van der Waals surface area contributed by atoms with Gasteiger partial charge in [0.05, 0.1) is 18.7 Å². The molecule has 0 saturated carbocycles. The van der Waals surface area contributed by atoms with Gasteiger partial charge in [0.15, 0.2) is 5.84 Å². The number of rotatable bonds is 5. The van der Waals surface area contributed by atoms with E-state index in [1.165, 1.54) is 7.11 Å². The lowest BCUT2D eigenvalue weighted by atomic mass is 10.1. The lowest BCUT2D eigenvalue weighted by molar-refractivity contribution is 0.0944. The SMILES string of the molecule is CCC(NC(=O)c1cc(OC)ccc1Br)/C(N)=N/O. The number of hydrogen-bond donors (Lipinski definition) is 3. The molecule has 0 aliphatic heterocycles. The predicted molar refractivity (Wildman–Crippen MR) is 75.6 cm³/mol. The molecule has 0 spiro atoms. The molecule has 1 aromatic rings. The molecule has 0 bridgehead atoms. The van der Waals surface area contributed by atoms with E-state index in [1.54, 1.807) is 18.2 Å². The van der Waals surface area contributed by atoms with E-state index in [2.05, 4.69) is 26.4 Å². The van der Waals surface area contributed by atoms with Gasteiger partial charge in [-0.25, -0.2) is 0 Å². The Labute approximate surface area is 119 Å². The number of ether oxygens (including phenoxy) is 1. The summed E-state index contributed by atoms with van der Waals surface area (Å²) in [4.78, 5) is 12.1. The van der Waals surface area contributed by atoms with Crippen LogP contribution in [0.1, 0.15) is 23.7 Å². The minimum absolute atomic E-state index is 0.0325. The van der Waals surface area contributed by atoms with E-state index in [9.17, 15) is 4.79 Å². The Kier molecular flexibility index (Phi) is 5.62. The summed E-state index contributed by atoms with van der Waals surface area (Å²) < 4.78 is 5.71. The van der Waals surface area contributed by atoms with E-state index in [1.807, 2.05) is 6.92 Å². The number of hydrogen-bond acceptors (Lipinski definition) is 4. The van der Waals surface area contributed by atoms with Crippen molar-refractivity contribution in [2.24, 2.45) is 10.9 Å². The third-order valence-electron chi connectivity index (χ3n) is 2.60. The molecule has 7 heteroatoms. The third-order valence-corrected chi connectivity index (χ3v) is 3.30. The molecule has 4 N–H and O–H groups in total. The number of carbonyl (C=O) groups is 1. The summed E-state index contributed by atoms with van der Waals surface area (Å²) in [5.41, 5.74) is 5.92. The first-order chi connectivity index (χ1) is 9.03. The average molecular weight is 330 g/mol. The number of amides is 1. The first-order valence-electron chi connectivity index (χ1n) is 5.65. The van der Waals surface area contributed by atoms with Gasteiger partial charge in [-0.3, -0.25) is 4.79 Å². The van der Waals surface area contributed by atoms with Gasteiger partial charge < -0.3 is 21.0 Å². The van der Waals surface area contributed by atoms with Gasteiger partial charge in [-0.1, -0.05) is 12.1 Å². The van der Waals surface area contributed by atoms with Crippen LogP contribution in [0.2, 0.25) is 0 Å². The molecule has 0 aliphatic carbocycles. The second-order valence-corrected chi connectivity index (χ2v) is 4.66. The zero-order valence-corrected chi connectivity index (χ0v) is 12.3. The van der Waals surface area contributed by atoms with Crippen molar-refractivity contribution in [2.75, 3.05) is 7.11 Å². The van der Waals surface area contributed by atoms with Gasteiger partial charge in [-0.05, 0) is 40.5 Å². The Balaban J connectivity index is 2.94. The van der Waals surface area contributed by atoms with Crippen molar-refractivity contribution in [2.45, 2.75) is 19.4 Å². The van der Waals surface area contributed by atoms with Crippen LogP contribution in [0.3, 0.4) is 0 Å². The molecule has 0 aliphatic rings. The van der Waals surface area contributed by atoms with Crippen LogP contribution in [0.15, 0.2) is 27.8 Å². The molecule has 0 saturated heterocycles. The highest BCUT2D eigenvalue weighted by atomic mass is 79.9. The lowest BCUT2D eigenvalue weighted by Crippen LogP contribution is -2.44. The van der Waals surface area contributed by atoms with Gasteiger partial charge in [0.1, 0.15) is 5.75 Å². The molecule has 19 heavy (non-hydrogen) atoms. The Morgan fingerprint density at radius 3 is 2.84 bits per heavy atom. The molecule has 1 rings (SSSR count). The maximum Gasteiger partial charge on any atom is 0.253 e. The smallest absolute Gasteiger partial charge is 0.253 e. The quantitative estimate of drug-likeness (QED) is 0.331. The first-order valence-corrected chi connectivity index (χ1v) is 6.44. The van der Waals surface area contributed by atoms with Gasteiger partial charge in [-0.2, -0.15) is 0 Å². The van der Waals surface area contributed by atoms with Crippen LogP contribution < -0.4 is 15.8 Å². The van der Waals surface area contributed by atoms with Crippen LogP contribution in [-0.2, 0) is 0 Å². The Hall–Kier alpha value is -1.76. The molecule has 0 fully saturated rings. The summed E-state index contributed by atoms with van der Waals surface area (Å²) in [6.07, 6.45) is 0.517. The van der Waals surface area contributed by atoms with Gasteiger partial charge in [0.25, 0.3) is 5.91 Å². The fraction of sp³-hybridized carbons (Fsp3) is 0.333. The predicted octanol–water partition coefficient (Wildman–Crippen LogP) is 1.71. The van der Waals surface area contributed by atoms with E-state index in [4.69, 9.17) is 15.7 Å². The maximum absolute atomic E-state index is 12.1. The van der Waals surface area contributed by atoms with Gasteiger partial charge in [0, 0.05) is 4.47 Å². The number of halogens is 1. The highest BCUT2D eigenvalue weighted by Crippen LogP contribution is 2.22. The summed E-state index contributed by atoms with van der Waals surface area (Å²) in [5, 5.41) is 14.2. The molecule has 0 aromatic heterocycles.